The van der Waals surface area contributed by atoms with E-state index in [0.717, 1.165) is 22.0 Å². The van der Waals surface area contributed by atoms with Gasteiger partial charge in [0, 0.05) is 23.2 Å². The van der Waals surface area contributed by atoms with Crippen molar-refractivity contribution in [3.8, 4) is 5.75 Å². The number of aromatic nitrogens is 2. The summed E-state index contributed by atoms with van der Waals surface area (Å²) in [5.41, 5.74) is 2.56. The third kappa shape index (κ3) is 5.26. The highest BCUT2D eigenvalue weighted by Crippen LogP contribution is 2.21. The van der Waals surface area contributed by atoms with E-state index >= 15 is 0 Å². The number of carbonyl (C=O) groups excluding carboxylic acids is 1. The van der Waals surface area contributed by atoms with Crippen molar-refractivity contribution in [1.82, 2.24) is 15.3 Å². The van der Waals surface area contributed by atoms with Crippen molar-refractivity contribution in [2.75, 3.05) is 0 Å². The van der Waals surface area contributed by atoms with Crippen LogP contribution in [0.4, 0.5) is 0 Å². The van der Waals surface area contributed by atoms with E-state index in [1.807, 2.05) is 54.8 Å². The summed E-state index contributed by atoms with van der Waals surface area (Å²) >= 11 is 1.60. The third-order valence-corrected chi connectivity index (χ3v) is 4.37. The molecule has 0 fully saturated rings. The Bertz CT molecular complexity index is 891. The highest BCUT2D eigenvalue weighted by molar-refractivity contribution is 7.09. The molecule has 132 valence electrons. The number of rotatable bonds is 7. The molecule has 26 heavy (non-hydrogen) atoms. The second-order valence-electron chi connectivity index (χ2n) is 5.56. The number of nitrogens with one attached hydrogen (secondary N) is 1. The van der Waals surface area contributed by atoms with Gasteiger partial charge >= 0.3 is 0 Å². The molecule has 1 N–H and O–H groups in total. The third-order valence-electron chi connectivity index (χ3n) is 3.55. The van der Waals surface area contributed by atoms with Crippen LogP contribution >= 0.6 is 11.3 Å². The summed E-state index contributed by atoms with van der Waals surface area (Å²) in [6.07, 6.45) is 4.95. The Morgan fingerprint density at radius 1 is 1.19 bits per heavy atom. The van der Waals surface area contributed by atoms with Crippen molar-refractivity contribution >= 4 is 23.3 Å². The molecule has 0 saturated heterocycles. The number of hydrogen-bond acceptors (Lipinski definition) is 5. The largest absolute Gasteiger partial charge is 0.487 e. The molecule has 0 saturated carbocycles. The maximum absolute atomic E-state index is 12.0. The molecule has 0 aliphatic carbocycles. The molecule has 0 aliphatic heterocycles. The predicted molar refractivity (Wildman–Crippen MR) is 103 cm³/mol. The van der Waals surface area contributed by atoms with Gasteiger partial charge in [0.25, 0.3) is 0 Å². The van der Waals surface area contributed by atoms with E-state index in [4.69, 9.17) is 4.74 Å². The minimum absolute atomic E-state index is 0.180. The van der Waals surface area contributed by atoms with E-state index in [1.165, 1.54) is 6.08 Å². The summed E-state index contributed by atoms with van der Waals surface area (Å²) in [5, 5.41) is 5.81. The number of carbonyl (C=O) groups is 1. The molecule has 0 aliphatic rings. The zero-order valence-electron chi connectivity index (χ0n) is 14.4. The van der Waals surface area contributed by atoms with Gasteiger partial charge in [-0.25, -0.2) is 4.98 Å². The summed E-state index contributed by atoms with van der Waals surface area (Å²) in [5.74, 6) is 0.535. The van der Waals surface area contributed by atoms with Gasteiger partial charge in [-0.1, -0.05) is 24.3 Å². The molecule has 2 heterocycles. The van der Waals surface area contributed by atoms with Gasteiger partial charge in [0.1, 0.15) is 12.4 Å². The van der Waals surface area contributed by atoms with Crippen LogP contribution in [0.3, 0.4) is 0 Å². The van der Waals surface area contributed by atoms with Crippen molar-refractivity contribution in [3.05, 3.63) is 82.1 Å². The molecule has 0 unspecified atom stereocenters. The first-order chi connectivity index (χ1) is 12.7. The minimum Gasteiger partial charge on any atom is -0.487 e. The van der Waals surface area contributed by atoms with E-state index in [-0.39, 0.29) is 5.91 Å². The van der Waals surface area contributed by atoms with Crippen LogP contribution < -0.4 is 10.1 Å². The number of thiazole rings is 1. The maximum atomic E-state index is 12.0. The standard InChI is InChI=1S/C20H19N3O2S/c1-15-23-18(14-26-15)13-25-19-8-3-2-6-16(19)9-10-20(24)22-12-17-7-4-5-11-21-17/h2-11,14H,12-13H2,1H3,(H,22,24)/b10-9+. The molecule has 2 aromatic heterocycles. The quantitative estimate of drug-likeness (QED) is 0.648. The fourth-order valence-electron chi connectivity index (χ4n) is 2.28. The Morgan fingerprint density at radius 2 is 2.04 bits per heavy atom. The molecule has 0 radical (unpaired) electrons. The highest BCUT2D eigenvalue weighted by atomic mass is 32.1. The van der Waals surface area contributed by atoms with Crippen LogP contribution in [0.2, 0.25) is 0 Å². The molecule has 0 atom stereocenters. The van der Waals surface area contributed by atoms with E-state index in [0.29, 0.717) is 18.9 Å². The number of aryl methyl sites for hydroxylation is 1. The molecule has 1 aromatic carbocycles. The number of para-hydroxylation sites is 1. The number of ether oxygens (including phenoxy) is 1. The normalized spacial score (nSPS) is 10.8. The zero-order chi connectivity index (χ0) is 18.2. The second kappa shape index (κ2) is 8.92. The molecule has 3 rings (SSSR count). The Kier molecular flexibility index (Phi) is 6.11. The Balaban J connectivity index is 1.58. The number of pyridine rings is 1. The number of nitrogens with zero attached hydrogens (tertiary/aromatic N) is 2. The van der Waals surface area contributed by atoms with Gasteiger partial charge in [-0.2, -0.15) is 0 Å². The van der Waals surface area contributed by atoms with Gasteiger partial charge in [0.2, 0.25) is 5.91 Å². The minimum atomic E-state index is -0.180. The predicted octanol–water partition coefficient (Wildman–Crippen LogP) is 3.76. The molecule has 5 nitrogen and oxygen atoms in total. The topological polar surface area (TPSA) is 64.1 Å². The SMILES string of the molecule is Cc1nc(COc2ccccc2/C=C/C(=O)NCc2ccccn2)cs1. The van der Waals surface area contributed by atoms with E-state index in [2.05, 4.69) is 15.3 Å². The second-order valence-corrected chi connectivity index (χ2v) is 6.62. The highest BCUT2D eigenvalue weighted by Gasteiger charge is 2.04. The first kappa shape index (κ1) is 17.8. The lowest BCUT2D eigenvalue weighted by atomic mass is 10.2. The fraction of sp³-hybridized carbons (Fsp3) is 0.150. The van der Waals surface area contributed by atoms with E-state index < -0.39 is 0 Å². The van der Waals surface area contributed by atoms with Crippen molar-refractivity contribution in [2.24, 2.45) is 0 Å². The Morgan fingerprint density at radius 3 is 2.81 bits per heavy atom. The van der Waals surface area contributed by atoms with Gasteiger partial charge < -0.3 is 10.1 Å². The van der Waals surface area contributed by atoms with Crippen LogP contribution in [0, 0.1) is 6.92 Å². The van der Waals surface area contributed by atoms with Gasteiger partial charge in [-0.15, -0.1) is 11.3 Å². The van der Waals surface area contributed by atoms with Crippen molar-refractivity contribution in [1.29, 1.82) is 0 Å². The molecule has 3 aromatic rings. The van der Waals surface area contributed by atoms with Crippen LogP contribution in [-0.2, 0) is 17.9 Å². The van der Waals surface area contributed by atoms with Crippen molar-refractivity contribution in [3.63, 3.8) is 0 Å². The summed E-state index contributed by atoms with van der Waals surface area (Å²) in [7, 11) is 0. The Labute approximate surface area is 156 Å². The molecule has 1 amide bonds. The van der Waals surface area contributed by atoms with Gasteiger partial charge in [-0.05, 0) is 31.2 Å². The van der Waals surface area contributed by atoms with Crippen molar-refractivity contribution < 1.29 is 9.53 Å². The average Bonchev–Trinajstić information content (AvgIpc) is 3.10. The lowest BCUT2D eigenvalue weighted by Crippen LogP contribution is -2.20. The monoisotopic (exact) mass is 365 g/mol. The molecular formula is C20H19N3O2S. The number of amides is 1. The zero-order valence-corrected chi connectivity index (χ0v) is 15.2. The smallest absolute Gasteiger partial charge is 0.244 e. The number of benzene rings is 1. The first-order valence-corrected chi connectivity index (χ1v) is 9.07. The molecule has 6 heteroatoms. The van der Waals surface area contributed by atoms with Crippen LogP contribution in [0.25, 0.3) is 6.08 Å². The summed E-state index contributed by atoms with van der Waals surface area (Å²) in [6.45, 7) is 2.76. The van der Waals surface area contributed by atoms with Gasteiger partial charge in [0.05, 0.1) is 22.9 Å². The van der Waals surface area contributed by atoms with Gasteiger partial charge in [0.15, 0.2) is 0 Å². The van der Waals surface area contributed by atoms with Crippen LogP contribution in [0.1, 0.15) is 22.0 Å². The summed E-state index contributed by atoms with van der Waals surface area (Å²) in [4.78, 5) is 20.6. The first-order valence-electron chi connectivity index (χ1n) is 8.19. The molecule has 0 bridgehead atoms. The summed E-state index contributed by atoms with van der Waals surface area (Å²) < 4.78 is 5.85. The van der Waals surface area contributed by atoms with Crippen LogP contribution in [0.15, 0.2) is 60.1 Å². The lowest BCUT2D eigenvalue weighted by Gasteiger charge is -2.07. The van der Waals surface area contributed by atoms with Gasteiger partial charge in [-0.3, -0.25) is 9.78 Å². The van der Waals surface area contributed by atoms with Crippen LogP contribution in [-0.4, -0.2) is 15.9 Å². The molecule has 0 spiro atoms. The summed E-state index contributed by atoms with van der Waals surface area (Å²) in [6, 6.07) is 13.2. The average molecular weight is 365 g/mol. The van der Waals surface area contributed by atoms with E-state index in [1.54, 1.807) is 23.6 Å². The van der Waals surface area contributed by atoms with Crippen molar-refractivity contribution in [2.45, 2.75) is 20.1 Å². The van der Waals surface area contributed by atoms with Crippen LogP contribution in [0.5, 0.6) is 5.75 Å². The maximum Gasteiger partial charge on any atom is 0.244 e. The van der Waals surface area contributed by atoms with E-state index in [9.17, 15) is 4.79 Å². The Hall–Kier alpha value is -2.99. The lowest BCUT2D eigenvalue weighted by molar-refractivity contribution is -0.116. The fourth-order valence-corrected chi connectivity index (χ4v) is 2.88. The molecular weight excluding hydrogens is 346 g/mol. The number of hydrogen-bond donors (Lipinski definition) is 1.